The van der Waals surface area contributed by atoms with Crippen LogP contribution in [0.4, 0.5) is 0 Å². The molecule has 4 unspecified atom stereocenters. The molecule has 0 bridgehead atoms. The van der Waals surface area contributed by atoms with Crippen LogP contribution in [0.25, 0.3) is 0 Å². The van der Waals surface area contributed by atoms with Crippen molar-refractivity contribution in [2.75, 3.05) is 13.2 Å². The number of fused-ring (bicyclic) bond motifs is 1. The van der Waals surface area contributed by atoms with E-state index in [4.69, 9.17) is 28.4 Å². The van der Waals surface area contributed by atoms with Crippen molar-refractivity contribution in [3.63, 3.8) is 0 Å². The van der Waals surface area contributed by atoms with Gasteiger partial charge in [-0.1, -0.05) is 6.58 Å². The summed E-state index contributed by atoms with van der Waals surface area (Å²) in [6, 6.07) is 0. The molecule has 3 rings (SSSR count). The Bertz CT molecular complexity index is 610. The van der Waals surface area contributed by atoms with Gasteiger partial charge in [-0.05, 0) is 34.6 Å². The SMILES string of the molecule is C=C(C)C(=O)OCC12OC(C)(C)OC1C(C1COC(C)(C)O1)OC2=O. The van der Waals surface area contributed by atoms with Gasteiger partial charge in [-0.3, -0.25) is 0 Å². The molecule has 0 radical (unpaired) electrons. The maximum atomic E-state index is 12.6. The van der Waals surface area contributed by atoms with E-state index in [0.717, 1.165) is 0 Å². The molecule has 0 aromatic heterocycles. The summed E-state index contributed by atoms with van der Waals surface area (Å²) in [7, 11) is 0. The van der Waals surface area contributed by atoms with E-state index in [0.29, 0.717) is 0 Å². The molecule has 0 saturated carbocycles. The number of hydrogen-bond donors (Lipinski definition) is 0. The topological polar surface area (TPSA) is 89.5 Å². The minimum absolute atomic E-state index is 0.225. The van der Waals surface area contributed by atoms with Gasteiger partial charge >= 0.3 is 11.9 Å². The molecule has 3 aliphatic rings. The molecule has 3 saturated heterocycles. The number of rotatable bonds is 4. The first-order valence-electron chi connectivity index (χ1n) is 8.19. The Morgan fingerprint density at radius 1 is 1.24 bits per heavy atom. The van der Waals surface area contributed by atoms with Gasteiger partial charge in [-0.25, -0.2) is 9.59 Å². The summed E-state index contributed by atoms with van der Waals surface area (Å²) in [5.74, 6) is -3.06. The van der Waals surface area contributed by atoms with Crippen molar-refractivity contribution in [2.24, 2.45) is 0 Å². The molecule has 0 aromatic carbocycles. The number of carbonyl (C=O) groups is 2. The molecule has 140 valence electrons. The zero-order valence-electron chi connectivity index (χ0n) is 15.1. The molecule has 4 atom stereocenters. The van der Waals surface area contributed by atoms with Gasteiger partial charge in [0, 0.05) is 5.57 Å². The van der Waals surface area contributed by atoms with Crippen molar-refractivity contribution in [1.29, 1.82) is 0 Å². The van der Waals surface area contributed by atoms with Crippen molar-refractivity contribution < 1.29 is 38.0 Å². The molecular formula is C17H24O8. The number of esters is 2. The van der Waals surface area contributed by atoms with Crippen LogP contribution < -0.4 is 0 Å². The van der Waals surface area contributed by atoms with Gasteiger partial charge in [-0.2, -0.15) is 0 Å². The average molecular weight is 356 g/mol. The second-order valence-electron chi connectivity index (χ2n) is 7.52. The molecule has 3 heterocycles. The molecule has 3 aliphatic heterocycles. The second-order valence-corrected chi connectivity index (χ2v) is 7.52. The lowest BCUT2D eigenvalue weighted by molar-refractivity contribution is -0.212. The van der Waals surface area contributed by atoms with Crippen LogP contribution in [-0.4, -0.2) is 60.6 Å². The van der Waals surface area contributed by atoms with Crippen LogP contribution in [0.1, 0.15) is 34.6 Å². The molecular weight excluding hydrogens is 332 g/mol. The Kier molecular flexibility index (Phi) is 4.23. The highest BCUT2D eigenvalue weighted by Crippen LogP contribution is 2.46. The fourth-order valence-electron chi connectivity index (χ4n) is 3.31. The molecule has 0 aromatic rings. The Hall–Kier alpha value is -1.48. The summed E-state index contributed by atoms with van der Waals surface area (Å²) in [4.78, 5) is 24.4. The smallest absolute Gasteiger partial charge is 0.345 e. The molecule has 0 aliphatic carbocycles. The monoisotopic (exact) mass is 356 g/mol. The average Bonchev–Trinajstić information content (AvgIpc) is 3.06. The van der Waals surface area contributed by atoms with Gasteiger partial charge < -0.3 is 28.4 Å². The number of ether oxygens (including phenoxy) is 6. The highest BCUT2D eigenvalue weighted by Gasteiger charge is 2.70. The third kappa shape index (κ3) is 3.19. The highest BCUT2D eigenvalue weighted by molar-refractivity contribution is 5.88. The van der Waals surface area contributed by atoms with E-state index in [1.165, 1.54) is 6.92 Å². The quantitative estimate of drug-likeness (QED) is 0.546. The van der Waals surface area contributed by atoms with Crippen molar-refractivity contribution >= 4 is 11.9 Å². The predicted octanol–water partition coefficient (Wildman–Crippen LogP) is 1.07. The van der Waals surface area contributed by atoms with E-state index in [1.54, 1.807) is 27.7 Å². The zero-order chi connectivity index (χ0) is 18.6. The van der Waals surface area contributed by atoms with Crippen LogP contribution >= 0.6 is 0 Å². The summed E-state index contributed by atoms with van der Waals surface area (Å²) in [5.41, 5.74) is -1.31. The predicted molar refractivity (Wildman–Crippen MR) is 83.3 cm³/mol. The first-order valence-corrected chi connectivity index (χ1v) is 8.19. The van der Waals surface area contributed by atoms with Crippen LogP contribution in [0.15, 0.2) is 12.2 Å². The van der Waals surface area contributed by atoms with E-state index >= 15 is 0 Å². The summed E-state index contributed by atoms with van der Waals surface area (Å²) in [6.45, 7) is 11.9. The molecule has 0 spiro atoms. The van der Waals surface area contributed by atoms with E-state index in [1.807, 2.05) is 0 Å². The Balaban J connectivity index is 1.83. The minimum atomic E-state index is -1.53. The second kappa shape index (κ2) is 5.77. The number of carbonyl (C=O) groups excluding carboxylic acids is 2. The summed E-state index contributed by atoms with van der Waals surface area (Å²) in [5, 5.41) is 0. The van der Waals surface area contributed by atoms with Crippen molar-refractivity contribution in [3.8, 4) is 0 Å². The fraction of sp³-hybridized carbons (Fsp3) is 0.765. The standard InChI is InChI=1S/C17H24O8/c1-9(2)13(18)20-8-17-12(24-16(5,6)25-17)11(22-14(17)19)10-7-21-15(3,4)23-10/h10-12H,1,7-8H2,2-6H3. The lowest BCUT2D eigenvalue weighted by Gasteiger charge is -2.25. The molecule has 0 N–H and O–H groups in total. The summed E-state index contributed by atoms with van der Waals surface area (Å²) < 4.78 is 33.8. The molecule has 8 nitrogen and oxygen atoms in total. The first-order chi connectivity index (χ1) is 11.5. The van der Waals surface area contributed by atoms with Gasteiger partial charge in [0.05, 0.1) is 6.61 Å². The number of cyclic esters (lactones) is 1. The first kappa shape index (κ1) is 18.3. The molecule has 25 heavy (non-hydrogen) atoms. The molecule has 3 fully saturated rings. The minimum Gasteiger partial charge on any atom is -0.458 e. The van der Waals surface area contributed by atoms with Gasteiger partial charge in [0.1, 0.15) is 18.8 Å². The Morgan fingerprint density at radius 3 is 2.48 bits per heavy atom. The van der Waals surface area contributed by atoms with Crippen LogP contribution in [0, 0.1) is 0 Å². The van der Waals surface area contributed by atoms with Gasteiger partial charge in [0.25, 0.3) is 0 Å². The normalized spacial score (nSPS) is 38.3. The van der Waals surface area contributed by atoms with Crippen LogP contribution in [0.3, 0.4) is 0 Å². The van der Waals surface area contributed by atoms with Crippen LogP contribution in [0.5, 0.6) is 0 Å². The van der Waals surface area contributed by atoms with E-state index in [2.05, 4.69) is 6.58 Å². The lowest BCUT2D eigenvalue weighted by atomic mass is 9.94. The Labute approximate surface area is 146 Å². The summed E-state index contributed by atoms with van der Waals surface area (Å²) in [6.07, 6.45) is -2.00. The van der Waals surface area contributed by atoms with Gasteiger partial charge in [-0.15, -0.1) is 0 Å². The van der Waals surface area contributed by atoms with Crippen molar-refractivity contribution in [2.45, 2.75) is 70.1 Å². The lowest BCUT2D eigenvalue weighted by Crippen LogP contribution is -2.50. The van der Waals surface area contributed by atoms with E-state index in [9.17, 15) is 9.59 Å². The molecule has 8 heteroatoms. The van der Waals surface area contributed by atoms with Crippen LogP contribution in [0.2, 0.25) is 0 Å². The third-order valence-corrected chi connectivity index (χ3v) is 4.35. The van der Waals surface area contributed by atoms with Crippen molar-refractivity contribution in [1.82, 2.24) is 0 Å². The number of hydrogen-bond acceptors (Lipinski definition) is 8. The van der Waals surface area contributed by atoms with E-state index in [-0.39, 0.29) is 18.8 Å². The summed E-state index contributed by atoms with van der Waals surface area (Å²) >= 11 is 0. The van der Waals surface area contributed by atoms with Gasteiger partial charge in [0.2, 0.25) is 5.60 Å². The third-order valence-electron chi connectivity index (χ3n) is 4.35. The largest absolute Gasteiger partial charge is 0.458 e. The maximum absolute atomic E-state index is 12.6. The molecule has 0 amide bonds. The zero-order valence-corrected chi connectivity index (χ0v) is 15.1. The van der Waals surface area contributed by atoms with Crippen LogP contribution in [-0.2, 0) is 38.0 Å². The highest BCUT2D eigenvalue weighted by atomic mass is 16.8. The maximum Gasteiger partial charge on any atom is 0.345 e. The van der Waals surface area contributed by atoms with Crippen molar-refractivity contribution in [3.05, 3.63) is 12.2 Å². The van der Waals surface area contributed by atoms with Gasteiger partial charge in [0.15, 0.2) is 17.7 Å². The van der Waals surface area contributed by atoms with E-state index < -0.39 is 47.4 Å². The Morgan fingerprint density at radius 2 is 1.92 bits per heavy atom. The fourth-order valence-corrected chi connectivity index (χ4v) is 3.31.